The smallest absolute Gasteiger partial charge is 0.191 e. The van der Waals surface area contributed by atoms with E-state index in [1.807, 2.05) is 44.2 Å². The summed E-state index contributed by atoms with van der Waals surface area (Å²) in [7, 11) is 1.63. The maximum absolute atomic E-state index is 6.28. The van der Waals surface area contributed by atoms with Crippen LogP contribution in [-0.2, 0) is 13.0 Å². The summed E-state index contributed by atoms with van der Waals surface area (Å²) in [6.45, 7) is 6.17. The van der Waals surface area contributed by atoms with Crippen LogP contribution in [0.3, 0.4) is 0 Å². The zero-order chi connectivity index (χ0) is 18.1. The van der Waals surface area contributed by atoms with Crippen LogP contribution >= 0.6 is 11.6 Å². The highest BCUT2D eigenvalue weighted by molar-refractivity contribution is 6.31. The molecule has 1 aromatic carbocycles. The third-order valence-electron chi connectivity index (χ3n) is 3.80. The number of aromatic nitrogens is 1. The van der Waals surface area contributed by atoms with Gasteiger partial charge < -0.3 is 15.4 Å². The number of methoxy groups -OCH3 is 1. The van der Waals surface area contributed by atoms with Gasteiger partial charge in [0.05, 0.1) is 19.3 Å². The first-order chi connectivity index (χ1) is 12.1. The first kappa shape index (κ1) is 19.1. The Morgan fingerprint density at radius 1 is 1.28 bits per heavy atom. The van der Waals surface area contributed by atoms with Crippen LogP contribution in [0.5, 0.6) is 5.75 Å². The molecule has 0 radical (unpaired) electrons. The lowest BCUT2D eigenvalue weighted by molar-refractivity contribution is 0.414. The van der Waals surface area contributed by atoms with Crippen molar-refractivity contribution in [1.29, 1.82) is 0 Å². The fourth-order valence-electron chi connectivity index (χ4n) is 2.35. The lowest BCUT2D eigenvalue weighted by Crippen LogP contribution is -2.38. The van der Waals surface area contributed by atoms with E-state index in [-0.39, 0.29) is 0 Å². The molecular weight excluding hydrogens is 336 g/mol. The first-order valence-electron chi connectivity index (χ1n) is 8.39. The molecule has 0 amide bonds. The molecule has 0 fully saturated rings. The van der Waals surface area contributed by atoms with Crippen molar-refractivity contribution >= 4 is 17.6 Å². The van der Waals surface area contributed by atoms with E-state index in [2.05, 4.69) is 20.6 Å². The molecule has 0 bridgehead atoms. The van der Waals surface area contributed by atoms with E-state index in [0.29, 0.717) is 11.6 Å². The van der Waals surface area contributed by atoms with Crippen molar-refractivity contribution in [1.82, 2.24) is 15.6 Å². The average molecular weight is 361 g/mol. The molecule has 1 aromatic heterocycles. The Morgan fingerprint density at radius 2 is 2.12 bits per heavy atom. The molecule has 134 valence electrons. The summed E-state index contributed by atoms with van der Waals surface area (Å²) >= 11 is 6.28. The number of aryl methyl sites for hydroxylation is 1. The van der Waals surface area contributed by atoms with Crippen molar-refractivity contribution in [3.05, 3.63) is 58.4 Å². The molecule has 0 saturated carbocycles. The largest absolute Gasteiger partial charge is 0.497 e. The number of aliphatic imine (C=N–C) groups is 1. The van der Waals surface area contributed by atoms with Crippen LogP contribution in [0, 0.1) is 6.92 Å². The second-order valence-electron chi connectivity index (χ2n) is 5.60. The fourth-order valence-corrected chi connectivity index (χ4v) is 2.62. The van der Waals surface area contributed by atoms with Gasteiger partial charge in [-0.3, -0.25) is 4.98 Å². The van der Waals surface area contributed by atoms with Gasteiger partial charge in [0.25, 0.3) is 0 Å². The van der Waals surface area contributed by atoms with Crippen molar-refractivity contribution < 1.29 is 4.74 Å². The van der Waals surface area contributed by atoms with Crippen molar-refractivity contribution in [3.63, 3.8) is 0 Å². The highest BCUT2D eigenvalue weighted by Gasteiger charge is 2.04. The molecule has 0 unspecified atom stereocenters. The van der Waals surface area contributed by atoms with E-state index in [4.69, 9.17) is 16.3 Å². The predicted molar refractivity (Wildman–Crippen MR) is 104 cm³/mol. The molecular formula is C19H25ClN4O. The van der Waals surface area contributed by atoms with Gasteiger partial charge in [-0.1, -0.05) is 23.7 Å². The third kappa shape index (κ3) is 5.94. The Kier molecular flexibility index (Phi) is 7.54. The molecule has 0 aliphatic heterocycles. The molecule has 0 aliphatic carbocycles. The SMILES string of the molecule is CCNC(=NCc1ncccc1C)NCCc1ccc(OC)cc1Cl. The van der Waals surface area contributed by atoms with Crippen LogP contribution in [0.2, 0.25) is 5.02 Å². The molecule has 0 spiro atoms. The lowest BCUT2D eigenvalue weighted by atomic mass is 10.1. The number of guanidine groups is 1. The second-order valence-corrected chi connectivity index (χ2v) is 6.00. The average Bonchev–Trinajstić information content (AvgIpc) is 2.62. The van der Waals surface area contributed by atoms with Crippen LogP contribution in [-0.4, -0.2) is 31.1 Å². The van der Waals surface area contributed by atoms with Crippen LogP contribution in [0.1, 0.15) is 23.7 Å². The van der Waals surface area contributed by atoms with Gasteiger partial charge in [0.1, 0.15) is 5.75 Å². The molecule has 0 saturated heterocycles. The number of hydrogen-bond acceptors (Lipinski definition) is 3. The molecule has 0 atom stereocenters. The third-order valence-corrected chi connectivity index (χ3v) is 4.15. The number of nitrogens with one attached hydrogen (secondary N) is 2. The van der Waals surface area contributed by atoms with Gasteiger partial charge in [0, 0.05) is 24.3 Å². The fraction of sp³-hybridized carbons (Fsp3) is 0.368. The van der Waals surface area contributed by atoms with E-state index in [1.54, 1.807) is 13.3 Å². The van der Waals surface area contributed by atoms with Gasteiger partial charge in [-0.25, -0.2) is 4.99 Å². The Bertz CT molecular complexity index is 718. The summed E-state index contributed by atoms with van der Waals surface area (Å²) < 4.78 is 5.17. The topological polar surface area (TPSA) is 58.5 Å². The molecule has 0 aliphatic rings. The minimum absolute atomic E-state index is 0.547. The maximum atomic E-state index is 6.28. The maximum Gasteiger partial charge on any atom is 0.191 e. The minimum Gasteiger partial charge on any atom is -0.497 e. The van der Waals surface area contributed by atoms with Crippen molar-refractivity contribution in [2.45, 2.75) is 26.8 Å². The summed E-state index contributed by atoms with van der Waals surface area (Å²) in [6.07, 6.45) is 2.60. The number of nitrogens with zero attached hydrogens (tertiary/aromatic N) is 2. The number of hydrogen-bond donors (Lipinski definition) is 2. The van der Waals surface area contributed by atoms with Gasteiger partial charge in [-0.05, 0) is 49.6 Å². The van der Waals surface area contributed by atoms with Gasteiger partial charge in [-0.2, -0.15) is 0 Å². The summed E-state index contributed by atoms with van der Waals surface area (Å²) in [5.41, 5.74) is 3.21. The molecule has 2 aromatic rings. The van der Waals surface area contributed by atoms with Crippen LogP contribution in [0.25, 0.3) is 0 Å². The van der Waals surface area contributed by atoms with E-state index < -0.39 is 0 Å². The van der Waals surface area contributed by atoms with Crippen LogP contribution in [0.4, 0.5) is 0 Å². The second kappa shape index (κ2) is 9.89. The normalized spacial score (nSPS) is 11.3. The Labute approximate surface area is 154 Å². The van der Waals surface area contributed by atoms with E-state index in [0.717, 1.165) is 48.0 Å². The quantitative estimate of drug-likeness (QED) is 0.587. The van der Waals surface area contributed by atoms with E-state index in [9.17, 15) is 0 Å². The highest BCUT2D eigenvalue weighted by Crippen LogP contribution is 2.22. The monoisotopic (exact) mass is 360 g/mol. The Hall–Kier alpha value is -2.27. The Morgan fingerprint density at radius 3 is 2.80 bits per heavy atom. The lowest BCUT2D eigenvalue weighted by Gasteiger charge is -2.12. The van der Waals surface area contributed by atoms with Crippen molar-refractivity contribution in [2.24, 2.45) is 4.99 Å². The van der Waals surface area contributed by atoms with Gasteiger partial charge >= 0.3 is 0 Å². The summed E-state index contributed by atoms with van der Waals surface area (Å²) in [5.74, 6) is 1.54. The standard InChI is InChI=1S/C19H25ClN4O/c1-4-21-19(24-13-18-14(2)6-5-10-22-18)23-11-9-15-7-8-16(25-3)12-17(15)20/h5-8,10,12H,4,9,11,13H2,1-3H3,(H2,21,23,24). The molecule has 6 heteroatoms. The Balaban J connectivity index is 1.93. The summed E-state index contributed by atoms with van der Waals surface area (Å²) in [6, 6.07) is 9.73. The predicted octanol–water partition coefficient (Wildman–Crippen LogP) is 3.35. The zero-order valence-electron chi connectivity index (χ0n) is 15.0. The number of rotatable bonds is 7. The summed E-state index contributed by atoms with van der Waals surface area (Å²) in [4.78, 5) is 8.98. The highest BCUT2D eigenvalue weighted by atomic mass is 35.5. The zero-order valence-corrected chi connectivity index (χ0v) is 15.7. The minimum atomic E-state index is 0.547. The van der Waals surface area contributed by atoms with E-state index >= 15 is 0 Å². The van der Waals surface area contributed by atoms with Gasteiger partial charge in [-0.15, -0.1) is 0 Å². The number of ether oxygens (including phenoxy) is 1. The molecule has 1 heterocycles. The van der Waals surface area contributed by atoms with Gasteiger partial charge in [0.15, 0.2) is 5.96 Å². The van der Waals surface area contributed by atoms with Crippen LogP contribution in [0.15, 0.2) is 41.5 Å². The first-order valence-corrected chi connectivity index (χ1v) is 8.77. The number of pyridine rings is 1. The number of halogens is 1. The summed E-state index contributed by atoms with van der Waals surface area (Å²) in [5, 5.41) is 7.30. The van der Waals surface area contributed by atoms with Gasteiger partial charge in [0.2, 0.25) is 0 Å². The van der Waals surface area contributed by atoms with E-state index in [1.165, 1.54) is 0 Å². The molecule has 5 nitrogen and oxygen atoms in total. The van der Waals surface area contributed by atoms with Crippen molar-refractivity contribution in [3.8, 4) is 5.75 Å². The number of benzene rings is 1. The molecule has 2 rings (SSSR count). The van der Waals surface area contributed by atoms with Crippen molar-refractivity contribution in [2.75, 3.05) is 20.2 Å². The molecule has 25 heavy (non-hydrogen) atoms. The van der Waals surface area contributed by atoms with Crippen LogP contribution < -0.4 is 15.4 Å². The molecule has 2 N–H and O–H groups in total.